The molecular formula is C15H32O3. The Labute approximate surface area is 113 Å². The summed E-state index contributed by atoms with van der Waals surface area (Å²) < 4.78 is 16.8. The second kappa shape index (κ2) is 7.46. The smallest absolute Gasteiger partial charge is 0.0787 e. The van der Waals surface area contributed by atoms with Gasteiger partial charge in [0.25, 0.3) is 0 Å². The average Bonchev–Trinajstić information content (AvgIpc) is 2.10. The molecule has 0 aliphatic heterocycles. The van der Waals surface area contributed by atoms with Crippen molar-refractivity contribution in [2.24, 2.45) is 5.41 Å². The highest BCUT2D eigenvalue weighted by Gasteiger charge is 2.28. The summed E-state index contributed by atoms with van der Waals surface area (Å²) in [7, 11) is 1.69. The predicted molar refractivity (Wildman–Crippen MR) is 76.0 cm³/mol. The molecular weight excluding hydrogens is 228 g/mol. The van der Waals surface area contributed by atoms with E-state index in [1.807, 2.05) is 6.92 Å². The van der Waals surface area contributed by atoms with Gasteiger partial charge in [-0.3, -0.25) is 0 Å². The molecule has 2 unspecified atom stereocenters. The molecule has 0 saturated carbocycles. The second-order valence-electron chi connectivity index (χ2n) is 7.02. The summed E-state index contributed by atoms with van der Waals surface area (Å²) >= 11 is 0. The fourth-order valence-corrected chi connectivity index (χ4v) is 2.48. The lowest BCUT2D eigenvalue weighted by atomic mass is 9.83. The first-order chi connectivity index (χ1) is 8.06. The average molecular weight is 260 g/mol. The van der Waals surface area contributed by atoms with Crippen molar-refractivity contribution < 1.29 is 14.2 Å². The van der Waals surface area contributed by atoms with Crippen molar-refractivity contribution in [3.05, 3.63) is 0 Å². The Morgan fingerprint density at radius 3 is 1.89 bits per heavy atom. The Morgan fingerprint density at radius 1 is 0.889 bits per heavy atom. The van der Waals surface area contributed by atoms with Gasteiger partial charge < -0.3 is 14.2 Å². The quantitative estimate of drug-likeness (QED) is 0.666. The van der Waals surface area contributed by atoms with Crippen molar-refractivity contribution in [2.45, 2.75) is 72.7 Å². The third-order valence-electron chi connectivity index (χ3n) is 2.49. The van der Waals surface area contributed by atoms with E-state index in [1.165, 1.54) is 0 Å². The van der Waals surface area contributed by atoms with Crippen LogP contribution in [0.4, 0.5) is 0 Å². The van der Waals surface area contributed by atoms with Crippen LogP contribution in [0.3, 0.4) is 0 Å². The zero-order chi connectivity index (χ0) is 14.4. The monoisotopic (exact) mass is 260 g/mol. The van der Waals surface area contributed by atoms with Gasteiger partial charge in [-0.15, -0.1) is 0 Å². The molecule has 0 spiro atoms. The van der Waals surface area contributed by atoms with Crippen LogP contribution in [0.2, 0.25) is 0 Å². The molecule has 0 N–H and O–H groups in total. The minimum absolute atomic E-state index is 0.0988. The standard InChI is InChI=1S/C15H32O3/c1-12(9-16-8)17-10-13(2)18-15(6,7)11-14(3,4)5/h12-13H,9-11H2,1-8H3. The maximum atomic E-state index is 6.08. The van der Waals surface area contributed by atoms with Crippen molar-refractivity contribution in [1.29, 1.82) is 0 Å². The molecule has 0 saturated heterocycles. The first-order valence-corrected chi connectivity index (χ1v) is 6.84. The van der Waals surface area contributed by atoms with E-state index in [0.717, 1.165) is 6.42 Å². The molecule has 0 radical (unpaired) electrons. The summed E-state index contributed by atoms with van der Waals surface area (Å²) in [5, 5.41) is 0. The van der Waals surface area contributed by atoms with Gasteiger partial charge in [-0.1, -0.05) is 20.8 Å². The van der Waals surface area contributed by atoms with Crippen LogP contribution < -0.4 is 0 Å². The van der Waals surface area contributed by atoms with E-state index in [1.54, 1.807) is 7.11 Å². The van der Waals surface area contributed by atoms with Gasteiger partial charge in [0.15, 0.2) is 0 Å². The number of hydrogen-bond donors (Lipinski definition) is 0. The van der Waals surface area contributed by atoms with Crippen LogP contribution in [0.5, 0.6) is 0 Å². The van der Waals surface area contributed by atoms with Gasteiger partial charge in [0.2, 0.25) is 0 Å². The molecule has 0 rings (SSSR count). The summed E-state index contributed by atoms with van der Waals surface area (Å²) in [5.41, 5.74) is 0.152. The highest BCUT2D eigenvalue weighted by atomic mass is 16.6. The molecule has 0 aromatic heterocycles. The van der Waals surface area contributed by atoms with Crippen molar-refractivity contribution in [3.63, 3.8) is 0 Å². The van der Waals surface area contributed by atoms with Crippen LogP contribution in [0.15, 0.2) is 0 Å². The lowest BCUT2D eigenvalue weighted by Crippen LogP contribution is -2.36. The van der Waals surface area contributed by atoms with E-state index in [-0.39, 0.29) is 23.2 Å². The number of rotatable bonds is 8. The van der Waals surface area contributed by atoms with Crippen molar-refractivity contribution >= 4 is 0 Å². The number of ether oxygens (including phenoxy) is 3. The van der Waals surface area contributed by atoms with Crippen LogP contribution in [-0.4, -0.2) is 38.1 Å². The first kappa shape index (κ1) is 17.9. The lowest BCUT2D eigenvalue weighted by Gasteiger charge is -2.35. The maximum Gasteiger partial charge on any atom is 0.0787 e. The third-order valence-corrected chi connectivity index (χ3v) is 2.49. The molecule has 110 valence electrons. The van der Waals surface area contributed by atoms with Crippen molar-refractivity contribution in [2.75, 3.05) is 20.3 Å². The molecule has 0 aliphatic carbocycles. The summed E-state index contributed by atoms with van der Waals surface area (Å²) in [6, 6.07) is 0. The van der Waals surface area contributed by atoms with E-state index in [2.05, 4.69) is 41.5 Å². The molecule has 3 heteroatoms. The SMILES string of the molecule is COCC(C)OCC(C)OC(C)(C)CC(C)(C)C. The highest BCUT2D eigenvalue weighted by molar-refractivity contribution is 4.78. The highest BCUT2D eigenvalue weighted by Crippen LogP contribution is 2.30. The molecule has 0 aliphatic rings. The Balaban J connectivity index is 4.02. The van der Waals surface area contributed by atoms with Crippen LogP contribution >= 0.6 is 0 Å². The Bertz CT molecular complexity index is 218. The van der Waals surface area contributed by atoms with Gasteiger partial charge in [0, 0.05) is 7.11 Å². The molecule has 0 aromatic rings. The second-order valence-corrected chi connectivity index (χ2v) is 7.02. The Hall–Kier alpha value is -0.120. The molecule has 0 bridgehead atoms. The summed E-state index contributed by atoms with van der Waals surface area (Å²) in [4.78, 5) is 0. The van der Waals surface area contributed by atoms with E-state index >= 15 is 0 Å². The fraction of sp³-hybridized carbons (Fsp3) is 1.00. The maximum absolute atomic E-state index is 6.08. The van der Waals surface area contributed by atoms with Gasteiger partial charge in [-0.2, -0.15) is 0 Å². The Morgan fingerprint density at radius 2 is 1.44 bits per heavy atom. The Kier molecular flexibility index (Phi) is 7.41. The van der Waals surface area contributed by atoms with Crippen LogP contribution in [0.1, 0.15) is 54.9 Å². The van der Waals surface area contributed by atoms with E-state index in [9.17, 15) is 0 Å². The van der Waals surface area contributed by atoms with Crippen LogP contribution in [-0.2, 0) is 14.2 Å². The normalized spacial score (nSPS) is 16.7. The minimum Gasteiger partial charge on any atom is -0.382 e. The third kappa shape index (κ3) is 9.86. The molecule has 18 heavy (non-hydrogen) atoms. The van der Waals surface area contributed by atoms with E-state index < -0.39 is 0 Å². The van der Waals surface area contributed by atoms with Gasteiger partial charge in [-0.25, -0.2) is 0 Å². The lowest BCUT2D eigenvalue weighted by molar-refractivity contribution is -0.121. The van der Waals surface area contributed by atoms with Crippen LogP contribution in [0, 0.1) is 5.41 Å². The molecule has 0 heterocycles. The van der Waals surface area contributed by atoms with Gasteiger partial charge in [0.05, 0.1) is 31.0 Å². The first-order valence-electron chi connectivity index (χ1n) is 6.84. The molecule has 0 fully saturated rings. The fourth-order valence-electron chi connectivity index (χ4n) is 2.48. The van der Waals surface area contributed by atoms with Crippen molar-refractivity contribution in [3.8, 4) is 0 Å². The minimum atomic E-state index is -0.120. The van der Waals surface area contributed by atoms with Gasteiger partial charge >= 0.3 is 0 Å². The molecule has 0 amide bonds. The van der Waals surface area contributed by atoms with E-state index in [4.69, 9.17) is 14.2 Å². The van der Waals surface area contributed by atoms with Gasteiger partial charge in [-0.05, 0) is 39.5 Å². The summed E-state index contributed by atoms with van der Waals surface area (Å²) in [5.74, 6) is 0. The number of methoxy groups -OCH3 is 1. The molecule has 0 aromatic carbocycles. The molecule has 3 nitrogen and oxygen atoms in total. The number of hydrogen-bond acceptors (Lipinski definition) is 3. The van der Waals surface area contributed by atoms with Gasteiger partial charge in [0.1, 0.15) is 0 Å². The largest absolute Gasteiger partial charge is 0.382 e. The van der Waals surface area contributed by atoms with Crippen LogP contribution in [0.25, 0.3) is 0 Å². The molecule has 2 atom stereocenters. The topological polar surface area (TPSA) is 27.7 Å². The summed E-state index contributed by atoms with van der Waals surface area (Å²) in [6.45, 7) is 16.3. The van der Waals surface area contributed by atoms with E-state index in [0.29, 0.717) is 13.2 Å². The summed E-state index contributed by atoms with van der Waals surface area (Å²) in [6.07, 6.45) is 1.24. The van der Waals surface area contributed by atoms with Crippen molar-refractivity contribution in [1.82, 2.24) is 0 Å². The zero-order valence-corrected chi connectivity index (χ0v) is 13.5. The predicted octanol–water partition coefficient (Wildman–Crippen LogP) is 3.66. The zero-order valence-electron chi connectivity index (χ0n) is 13.5.